The average molecular weight is 217 g/mol. The lowest BCUT2D eigenvalue weighted by Crippen LogP contribution is -2.50. The summed E-state index contributed by atoms with van der Waals surface area (Å²) in [6, 6.07) is 0. The van der Waals surface area contributed by atoms with Gasteiger partial charge in [0, 0.05) is 0 Å². The second-order valence-electron chi connectivity index (χ2n) is 4.27. The Morgan fingerprint density at radius 2 is 1.53 bits per heavy atom. The highest BCUT2D eigenvalue weighted by atomic mass is 17.2. The van der Waals surface area contributed by atoms with Gasteiger partial charge in [0.2, 0.25) is 0 Å². The molecule has 0 heterocycles. The van der Waals surface area contributed by atoms with Crippen LogP contribution in [0.4, 0.5) is 0 Å². The molecule has 0 aliphatic heterocycles. The van der Waals surface area contributed by atoms with E-state index in [2.05, 4.69) is 0 Å². The van der Waals surface area contributed by atoms with E-state index < -0.39 is 17.2 Å². The SMILES string of the molecule is CCC(C)(C)OOC(CC)(CC)C(=O)[O-]. The molecule has 0 aliphatic rings. The van der Waals surface area contributed by atoms with Gasteiger partial charge in [0.05, 0.1) is 11.6 Å². The summed E-state index contributed by atoms with van der Waals surface area (Å²) in [6.07, 6.45) is 1.39. The maximum Gasteiger partial charge on any atom is 0.142 e. The van der Waals surface area contributed by atoms with Crippen LogP contribution in [0.25, 0.3) is 0 Å². The van der Waals surface area contributed by atoms with Crippen molar-refractivity contribution in [3.8, 4) is 0 Å². The topological polar surface area (TPSA) is 58.6 Å². The van der Waals surface area contributed by atoms with Crippen LogP contribution in [0.15, 0.2) is 0 Å². The third-order valence-corrected chi connectivity index (χ3v) is 2.79. The van der Waals surface area contributed by atoms with Gasteiger partial charge < -0.3 is 9.90 Å². The third-order valence-electron chi connectivity index (χ3n) is 2.79. The van der Waals surface area contributed by atoms with Crippen molar-refractivity contribution in [2.75, 3.05) is 0 Å². The lowest BCUT2D eigenvalue weighted by Gasteiger charge is -2.34. The van der Waals surface area contributed by atoms with Crippen LogP contribution in [-0.4, -0.2) is 17.2 Å². The van der Waals surface area contributed by atoms with Crippen LogP contribution < -0.4 is 5.11 Å². The van der Waals surface area contributed by atoms with Gasteiger partial charge in [0.25, 0.3) is 0 Å². The van der Waals surface area contributed by atoms with Crippen molar-refractivity contribution >= 4 is 5.97 Å². The molecule has 0 rings (SSSR count). The van der Waals surface area contributed by atoms with Gasteiger partial charge in [-0.05, 0) is 33.1 Å². The second-order valence-corrected chi connectivity index (χ2v) is 4.27. The molecule has 0 spiro atoms. The Labute approximate surface area is 91.5 Å². The summed E-state index contributed by atoms with van der Waals surface area (Å²) in [6.45, 7) is 9.11. The number of hydrogen-bond acceptors (Lipinski definition) is 4. The number of carbonyl (C=O) groups excluding carboxylic acids is 1. The summed E-state index contributed by atoms with van der Waals surface area (Å²) in [5.74, 6) is -1.22. The Morgan fingerprint density at radius 1 is 1.07 bits per heavy atom. The van der Waals surface area contributed by atoms with Crippen molar-refractivity contribution in [3.63, 3.8) is 0 Å². The highest BCUT2D eigenvalue weighted by molar-refractivity contribution is 5.75. The molecule has 15 heavy (non-hydrogen) atoms. The summed E-state index contributed by atoms with van der Waals surface area (Å²) in [4.78, 5) is 21.2. The summed E-state index contributed by atoms with van der Waals surface area (Å²) < 4.78 is 0. The van der Waals surface area contributed by atoms with Crippen LogP contribution >= 0.6 is 0 Å². The van der Waals surface area contributed by atoms with E-state index in [1.807, 2.05) is 20.8 Å². The molecule has 0 aliphatic carbocycles. The summed E-state index contributed by atoms with van der Waals surface area (Å²) >= 11 is 0. The molecule has 0 fully saturated rings. The number of carboxylic acids is 1. The van der Waals surface area contributed by atoms with Crippen LogP contribution in [0, 0.1) is 0 Å². The lowest BCUT2D eigenvalue weighted by molar-refractivity contribution is -0.424. The van der Waals surface area contributed by atoms with Gasteiger partial charge in [-0.25, -0.2) is 9.78 Å². The molecule has 0 aromatic carbocycles. The minimum absolute atomic E-state index is 0.325. The summed E-state index contributed by atoms with van der Waals surface area (Å²) in [7, 11) is 0. The monoisotopic (exact) mass is 217 g/mol. The minimum Gasteiger partial charge on any atom is -0.547 e. The zero-order valence-electron chi connectivity index (χ0n) is 10.3. The third kappa shape index (κ3) is 3.80. The van der Waals surface area contributed by atoms with E-state index >= 15 is 0 Å². The molecule has 4 nitrogen and oxygen atoms in total. The number of carbonyl (C=O) groups is 1. The highest BCUT2D eigenvalue weighted by Gasteiger charge is 2.33. The molecule has 0 saturated heterocycles. The van der Waals surface area contributed by atoms with Crippen LogP contribution in [-0.2, 0) is 14.6 Å². The van der Waals surface area contributed by atoms with Crippen molar-refractivity contribution < 1.29 is 19.7 Å². The van der Waals surface area contributed by atoms with Gasteiger partial charge in [-0.1, -0.05) is 20.8 Å². The molecule has 4 heteroatoms. The van der Waals surface area contributed by atoms with Crippen molar-refractivity contribution in [3.05, 3.63) is 0 Å². The first-order chi connectivity index (χ1) is 6.83. The zero-order valence-corrected chi connectivity index (χ0v) is 10.3. The van der Waals surface area contributed by atoms with E-state index in [4.69, 9.17) is 9.78 Å². The normalized spacial score (nSPS) is 12.9. The molecule has 0 aromatic heterocycles. The summed E-state index contributed by atoms with van der Waals surface area (Å²) in [5, 5.41) is 11.0. The van der Waals surface area contributed by atoms with Crippen molar-refractivity contribution in [2.45, 2.75) is 65.1 Å². The van der Waals surface area contributed by atoms with E-state index in [0.717, 1.165) is 6.42 Å². The number of aliphatic carboxylic acids is 1. The average Bonchev–Trinajstić information content (AvgIpc) is 2.20. The quantitative estimate of drug-likeness (QED) is 0.478. The molecule has 0 radical (unpaired) electrons. The van der Waals surface area contributed by atoms with E-state index in [1.54, 1.807) is 13.8 Å². The molecule has 0 bridgehead atoms. The fourth-order valence-electron chi connectivity index (χ4n) is 0.942. The standard InChI is InChI=1S/C11H22O4/c1-6-10(4,5)14-15-11(7-2,8-3)9(12)13/h6-8H2,1-5H3,(H,12,13)/p-1. The van der Waals surface area contributed by atoms with Crippen molar-refractivity contribution in [1.29, 1.82) is 0 Å². The highest BCUT2D eigenvalue weighted by Crippen LogP contribution is 2.24. The Bertz CT molecular complexity index is 207. The molecule has 0 unspecified atom stereocenters. The molecular formula is C11H21O4-. The second kappa shape index (κ2) is 5.47. The van der Waals surface area contributed by atoms with Crippen LogP contribution in [0.1, 0.15) is 53.9 Å². The predicted molar refractivity (Wildman–Crippen MR) is 54.9 cm³/mol. The van der Waals surface area contributed by atoms with Gasteiger partial charge in [-0.2, -0.15) is 0 Å². The maximum absolute atomic E-state index is 11.0. The molecule has 0 N–H and O–H groups in total. The predicted octanol–water partition coefficient (Wildman–Crippen LogP) is 1.43. The zero-order chi connectivity index (χ0) is 12.1. The molecule has 0 saturated carbocycles. The molecule has 90 valence electrons. The van der Waals surface area contributed by atoms with E-state index in [-0.39, 0.29) is 0 Å². The van der Waals surface area contributed by atoms with Crippen LogP contribution in [0.2, 0.25) is 0 Å². The smallest absolute Gasteiger partial charge is 0.142 e. The van der Waals surface area contributed by atoms with Gasteiger partial charge in [0.15, 0.2) is 0 Å². The number of carboxylic acid groups (broad SMARTS) is 1. The maximum atomic E-state index is 11.0. The number of hydrogen-bond donors (Lipinski definition) is 0. The first kappa shape index (κ1) is 14.4. The van der Waals surface area contributed by atoms with E-state index in [1.165, 1.54) is 0 Å². The van der Waals surface area contributed by atoms with Gasteiger partial charge in [-0.3, -0.25) is 0 Å². The van der Waals surface area contributed by atoms with Crippen molar-refractivity contribution in [2.24, 2.45) is 0 Å². The first-order valence-corrected chi connectivity index (χ1v) is 5.42. The summed E-state index contributed by atoms with van der Waals surface area (Å²) in [5.41, 5.74) is -1.81. The fourth-order valence-corrected chi connectivity index (χ4v) is 0.942. The van der Waals surface area contributed by atoms with E-state index in [9.17, 15) is 9.90 Å². The largest absolute Gasteiger partial charge is 0.547 e. The fraction of sp³-hybridized carbons (Fsp3) is 0.909. The Balaban J connectivity index is 4.50. The first-order valence-electron chi connectivity index (χ1n) is 5.42. The van der Waals surface area contributed by atoms with Gasteiger partial charge >= 0.3 is 0 Å². The van der Waals surface area contributed by atoms with E-state index in [0.29, 0.717) is 12.8 Å². The van der Waals surface area contributed by atoms with Gasteiger partial charge in [-0.15, -0.1) is 0 Å². The van der Waals surface area contributed by atoms with Gasteiger partial charge in [0.1, 0.15) is 5.60 Å². The molecule has 0 atom stereocenters. The molecule has 0 amide bonds. The minimum atomic E-state index is -1.33. The van der Waals surface area contributed by atoms with Crippen molar-refractivity contribution in [1.82, 2.24) is 0 Å². The molecular weight excluding hydrogens is 196 g/mol. The van der Waals surface area contributed by atoms with Crippen LogP contribution in [0.5, 0.6) is 0 Å². The molecule has 0 aromatic rings. The lowest BCUT2D eigenvalue weighted by atomic mass is 9.98. The Hall–Kier alpha value is -0.610. The Morgan fingerprint density at radius 3 is 1.80 bits per heavy atom. The van der Waals surface area contributed by atoms with Crippen LogP contribution in [0.3, 0.4) is 0 Å². The Kier molecular flexibility index (Phi) is 5.24. The number of rotatable bonds is 7.